The lowest BCUT2D eigenvalue weighted by Crippen LogP contribution is -3.28. The number of methoxy groups -OCH3 is 1. The first-order valence-corrected chi connectivity index (χ1v) is 10.6. The summed E-state index contributed by atoms with van der Waals surface area (Å²) in [5.74, 6) is 0.729. The van der Waals surface area contributed by atoms with Crippen LogP contribution in [0, 0.1) is 30.9 Å². The van der Waals surface area contributed by atoms with Gasteiger partial charge in [0.25, 0.3) is 11.6 Å². The van der Waals surface area contributed by atoms with Crippen molar-refractivity contribution in [1.82, 2.24) is 0 Å². The van der Waals surface area contributed by atoms with Crippen LogP contribution in [0.5, 0.6) is 5.75 Å². The molecule has 166 valence electrons. The SMILES string of the molecule is COc1ccc(C)cc1C[NH+]1CC[NH+](CC(=O)Nc2cc(C)c(C)cc2[N+](=O)[O-])CC1. The lowest BCUT2D eigenvalue weighted by Gasteiger charge is -2.29. The largest absolute Gasteiger partial charge is 0.496 e. The standard InChI is InChI=1S/C23H30N4O4/c1-16-5-6-22(31-4)19(11-16)14-25-7-9-26(10-8-25)15-23(28)24-20-12-17(2)18(3)13-21(20)27(29)30/h5-6,11-13H,7-10,14-15H2,1-4H3,(H,24,28)/p+2. The molecule has 3 rings (SSSR count). The predicted molar refractivity (Wildman–Crippen MR) is 119 cm³/mol. The van der Waals surface area contributed by atoms with E-state index < -0.39 is 4.92 Å². The number of nitro benzene ring substituents is 1. The van der Waals surface area contributed by atoms with Gasteiger partial charge in [-0.1, -0.05) is 11.6 Å². The number of nitrogens with one attached hydrogen (secondary N) is 3. The Bertz CT molecular complexity index is 968. The second kappa shape index (κ2) is 9.89. The number of nitro groups is 1. The van der Waals surface area contributed by atoms with Crippen molar-refractivity contribution in [3.63, 3.8) is 0 Å². The molecule has 1 fully saturated rings. The molecule has 8 nitrogen and oxygen atoms in total. The molecule has 0 radical (unpaired) electrons. The van der Waals surface area contributed by atoms with Crippen LogP contribution in [-0.2, 0) is 11.3 Å². The zero-order chi connectivity index (χ0) is 22.5. The summed E-state index contributed by atoms with van der Waals surface area (Å²) in [5, 5.41) is 14.1. The maximum absolute atomic E-state index is 12.6. The number of aryl methyl sites for hydroxylation is 3. The van der Waals surface area contributed by atoms with Crippen molar-refractivity contribution in [2.45, 2.75) is 27.3 Å². The second-order valence-electron chi connectivity index (χ2n) is 8.43. The van der Waals surface area contributed by atoms with Crippen molar-refractivity contribution in [3.8, 4) is 5.75 Å². The van der Waals surface area contributed by atoms with E-state index in [0.29, 0.717) is 6.54 Å². The molecule has 2 aromatic rings. The van der Waals surface area contributed by atoms with Crippen molar-refractivity contribution < 1.29 is 24.3 Å². The Morgan fingerprint density at radius 2 is 1.71 bits per heavy atom. The van der Waals surface area contributed by atoms with Crippen molar-refractivity contribution in [2.75, 3.05) is 45.2 Å². The van der Waals surface area contributed by atoms with Gasteiger partial charge in [-0.15, -0.1) is 0 Å². The topological polar surface area (TPSA) is 90.4 Å². The van der Waals surface area contributed by atoms with Crippen LogP contribution < -0.4 is 19.9 Å². The molecule has 0 saturated carbocycles. The smallest absolute Gasteiger partial charge is 0.293 e. The van der Waals surface area contributed by atoms with Crippen LogP contribution in [0.1, 0.15) is 22.3 Å². The third kappa shape index (κ3) is 5.80. The third-order valence-electron chi connectivity index (χ3n) is 6.03. The lowest BCUT2D eigenvalue weighted by atomic mass is 10.1. The molecule has 0 atom stereocenters. The van der Waals surface area contributed by atoms with Gasteiger partial charge in [0.1, 0.15) is 44.2 Å². The third-order valence-corrected chi connectivity index (χ3v) is 6.03. The lowest BCUT2D eigenvalue weighted by molar-refractivity contribution is -1.02. The van der Waals surface area contributed by atoms with E-state index in [2.05, 4.69) is 24.4 Å². The molecule has 8 heteroatoms. The number of hydrogen-bond acceptors (Lipinski definition) is 4. The molecular formula is C23H32N4O4+2. The molecule has 0 bridgehead atoms. The fourth-order valence-corrected chi connectivity index (χ4v) is 4.10. The van der Waals surface area contributed by atoms with Crippen LogP contribution in [-0.4, -0.2) is 50.7 Å². The Balaban J connectivity index is 1.55. The number of carbonyl (C=O) groups excluding carboxylic acids is 1. The van der Waals surface area contributed by atoms with E-state index in [1.54, 1.807) is 13.2 Å². The van der Waals surface area contributed by atoms with Gasteiger partial charge in [0, 0.05) is 11.6 Å². The number of nitrogens with zero attached hydrogens (tertiary/aromatic N) is 1. The molecule has 3 N–H and O–H groups in total. The van der Waals surface area contributed by atoms with Gasteiger partial charge in [-0.3, -0.25) is 14.9 Å². The Morgan fingerprint density at radius 1 is 1.06 bits per heavy atom. The summed E-state index contributed by atoms with van der Waals surface area (Å²) >= 11 is 0. The van der Waals surface area contributed by atoms with Gasteiger partial charge < -0.3 is 19.9 Å². The van der Waals surface area contributed by atoms with Gasteiger partial charge >= 0.3 is 0 Å². The minimum atomic E-state index is -0.448. The number of quaternary nitrogens is 2. The van der Waals surface area contributed by atoms with E-state index in [0.717, 1.165) is 49.6 Å². The average Bonchev–Trinajstić information content (AvgIpc) is 2.72. The normalized spacial score (nSPS) is 18.5. The Kier molecular flexibility index (Phi) is 7.25. The molecule has 1 aliphatic rings. The number of amides is 1. The molecule has 0 aliphatic carbocycles. The van der Waals surface area contributed by atoms with Crippen LogP contribution in [0.3, 0.4) is 0 Å². The minimum absolute atomic E-state index is 0.0622. The van der Waals surface area contributed by atoms with E-state index in [9.17, 15) is 14.9 Å². The summed E-state index contributed by atoms with van der Waals surface area (Å²) in [7, 11) is 1.70. The predicted octanol–water partition coefficient (Wildman–Crippen LogP) is 0.451. The quantitative estimate of drug-likeness (QED) is 0.441. The van der Waals surface area contributed by atoms with E-state index in [1.165, 1.54) is 27.0 Å². The van der Waals surface area contributed by atoms with Crippen LogP contribution >= 0.6 is 0 Å². The van der Waals surface area contributed by atoms with Crippen molar-refractivity contribution in [2.24, 2.45) is 0 Å². The summed E-state index contributed by atoms with van der Waals surface area (Å²) in [6.45, 7) is 10.7. The Hall–Kier alpha value is -2.97. The van der Waals surface area contributed by atoms with Crippen LogP contribution in [0.15, 0.2) is 30.3 Å². The molecule has 2 aromatic carbocycles. The highest BCUT2D eigenvalue weighted by Gasteiger charge is 2.26. The monoisotopic (exact) mass is 428 g/mol. The molecule has 1 heterocycles. The molecule has 31 heavy (non-hydrogen) atoms. The van der Waals surface area contributed by atoms with E-state index >= 15 is 0 Å². The number of carbonyl (C=O) groups is 1. The van der Waals surface area contributed by atoms with Gasteiger partial charge in [-0.05, 0) is 50.1 Å². The molecule has 1 aliphatic heterocycles. The zero-order valence-corrected chi connectivity index (χ0v) is 18.7. The number of anilines is 1. The van der Waals surface area contributed by atoms with Gasteiger partial charge in [-0.2, -0.15) is 0 Å². The molecule has 0 spiro atoms. The average molecular weight is 429 g/mol. The number of hydrogen-bond donors (Lipinski definition) is 3. The highest BCUT2D eigenvalue weighted by Crippen LogP contribution is 2.27. The van der Waals surface area contributed by atoms with Crippen LogP contribution in [0.4, 0.5) is 11.4 Å². The summed E-state index contributed by atoms with van der Waals surface area (Å²) in [6, 6.07) is 9.44. The minimum Gasteiger partial charge on any atom is -0.496 e. The molecule has 0 unspecified atom stereocenters. The molecule has 0 aromatic heterocycles. The molecule has 1 saturated heterocycles. The number of piperazine rings is 1. The first-order valence-electron chi connectivity index (χ1n) is 10.6. The Labute approximate surface area is 182 Å². The maximum atomic E-state index is 12.6. The summed E-state index contributed by atoms with van der Waals surface area (Å²) < 4.78 is 5.49. The number of rotatable bonds is 7. The summed E-state index contributed by atoms with van der Waals surface area (Å²) in [6.07, 6.45) is 0. The van der Waals surface area contributed by atoms with Crippen LogP contribution in [0.2, 0.25) is 0 Å². The number of ether oxygens (including phenoxy) is 1. The van der Waals surface area contributed by atoms with Gasteiger partial charge in [0.15, 0.2) is 6.54 Å². The molecule has 1 amide bonds. The van der Waals surface area contributed by atoms with Crippen molar-refractivity contribution in [1.29, 1.82) is 0 Å². The van der Waals surface area contributed by atoms with Gasteiger partial charge in [-0.25, -0.2) is 0 Å². The summed E-state index contributed by atoms with van der Waals surface area (Å²) in [4.78, 5) is 26.1. The van der Waals surface area contributed by atoms with Gasteiger partial charge in [0.05, 0.1) is 12.0 Å². The van der Waals surface area contributed by atoms with E-state index in [-0.39, 0.29) is 17.3 Å². The van der Waals surface area contributed by atoms with Crippen LogP contribution in [0.25, 0.3) is 0 Å². The summed E-state index contributed by atoms with van der Waals surface area (Å²) in [5.41, 5.74) is 4.38. The second-order valence-corrected chi connectivity index (χ2v) is 8.43. The van der Waals surface area contributed by atoms with Crippen molar-refractivity contribution in [3.05, 3.63) is 62.7 Å². The maximum Gasteiger partial charge on any atom is 0.293 e. The van der Waals surface area contributed by atoms with Crippen molar-refractivity contribution >= 4 is 17.3 Å². The van der Waals surface area contributed by atoms with E-state index in [4.69, 9.17) is 4.74 Å². The fourth-order valence-electron chi connectivity index (χ4n) is 4.10. The zero-order valence-electron chi connectivity index (χ0n) is 18.7. The fraction of sp³-hybridized carbons (Fsp3) is 0.435. The Morgan fingerprint density at radius 3 is 2.35 bits per heavy atom. The highest BCUT2D eigenvalue weighted by atomic mass is 16.6. The molecular weight excluding hydrogens is 396 g/mol. The van der Waals surface area contributed by atoms with E-state index in [1.807, 2.05) is 19.9 Å². The first-order chi connectivity index (χ1) is 14.8. The first kappa shape index (κ1) is 22.7. The number of benzene rings is 2. The highest BCUT2D eigenvalue weighted by molar-refractivity contribution is 5.94. The van der Waals surface area contributed by atoms with Gasteiger partial charge in [0.2, 0.25) is 0 Å².